The normalized spacial score (nSPS) is 11.6. The number of aromatic nitrogens is 2. The highest BCUT2D eigenvalue weighted by molar-refractivity contribution is 14.2. The lowest BCUT2D eigenvalue weighted by atomic mass is 10.4. The fourth-order valence-electron chi connectivity index (χ4n) is 0.854. The predicted octanol–water partition coefficient (Wildman–Crippen LogP) is 2.25. The molecular formula is C8H10IN2O2P. The molecule has 1 rings (SSSR count). The van der Waals surface area contributed by atoms with E-state index in [0.717, 1.165) is 5.69 Å². The Labute approximate surface area is 97.0 Å². The molecule has 0 aliphatic heterocycles. The van der Waals surface area contributed by atoms with Crippen LogP contribution in [0.1, 0.15) is 12.6 Å². The molecule has 0 amide bonds. The van der Waals surface area contributed by atoms with Gasteiger partial charge in [-0.05, 0) is 41.1 Å². The van der Waals surface area contributed by atoms with Crippen LogP contribution < -0.4 is 0 Å². The average molecular weight is 324 g/mol. The van der Waals surface area contributed by atoms with E-state index < -0.39 is 0 Å². The Morgan fingerprint density at radius 3 is 3.29 bits per heavy atom. The van der Waals surface area contributed by atoms with Crippen molar-refractivity contribution in [2.75, 3.05) is 6.61 Å². The second kappa shape index (κ2) is 6.14. The quantitative estimate of drug-likeness (QED) is 0.369. The molecule has 4 nitrogen and oxygen atoms in total. The van der Waals surface area contributed by atoms with Gasteiger partial charge in [0.2, 0.25) is 0 Å². The lowest BCUT2D eigenvalue weighted by molar-refractivity contribution is -0.137. The van der Waals surface area contributed by atoms with Gasteiger partial charge in [-0.3, -0.25) is 0 Å². The van der Waals surface area contributed by atoms with E-state index in [1.165, 1.54) is 6.08 Å². The summed E-state index contributed by atoms with van der Waals surface area (Å²) in [5.74, 6) is -0.322. The Hall–Kier alpha value is -0.420. The van der Waals surface area contributed by atoms with Crippen molar-refractivity contribution in [3.8, 4) is 0 Å². The van der Waals surface area contributed by atoms with E-state index in [1.807, 2.05) is 10.5 Å². The summed E-state index contributed by atoms with van der Waals surface area (Å²) in [6.45, 7) is 2.18. The van der Waals surface area contributed by atoms with Crippen LogP contribution in [-0.2, 0) is 9.53 Å². The Morgan fingerprint density at radius 1 is 1.86 bits per heavy atom. The van der Waals surface area contributed by atoms with Crippen molar-refractivity contribution in [3.05, 3.63) is 24.0 Å². The first kappa shape index (κ1) is 11.7. The van der Waals surface area contributed by atoms with Crippen molar-refractivity contribution in [2.45, 2.75) is 6.92 Å². The van der Waals surface area contributed by atoms with Crippen LogP contribution in [0.25, 0.3) is 6.08 Å². The van der Waals surface area contributed by atoms with E-state index in [4.69, 9.17) is 4.74 Å². The monoisotopic (exact) mass is 324 g/mol. The minimum atomic E-state index is -0.322. The zero-order chi connectivity index (χ0) is 10.4. The third kappa shape index (κ3) is 3.38. The van der Waals surface area contributed by atoms with E-state index in [2.05, 4.69) is 27.1 Å². The van der Waals surface area contributed by atoms with Crippen molar-refractivity contribution in [1.82, 2.24) is 9.55 Å². The van der Waals surface area contributed by atoms with Crippen LogP contribution in [0.3, 0.4) is 0 Å². The Bertz CT molecular complexity index is 338. The molecule has 0 saturated heterocycles. The molecule has 0 radical (unpaired) electrons. The molecule has 1 heterocycles. The highest BCUT2D eigenvalue weighted by atomic mass is 127. The van der Waals surface area contributed by atoms with Crippen molar-refractivity contribution in [1.29, 1.82) is 0 Å². The zero-order valence-electron chi connectivity index (χ0n) is 7.61. The predicted molar refractivity (Wildman–Crippen MR) is 65.6 cm³/mol. The molecule has 1 aromatic heterocycles. The topological polar surface area (TPSA) is 44.1 Å². The fourth-order valence-corrected chi connectivity index (χ4v) is 2.42. The standard InChI is InChI=1S/C8H10IN2O2P/c1-2-13-8(12)4-3-7-5-6-10-11(7)14-9/h3-6,14H,2H2,1H3/b4-3-. The maximum atomic E-state index is 11.0. The molecule has 1 unspecified atom stereocenters. The third-order valence-electron chi connectivity index (χ3n) is 1.43. The van der Waals surface area contributed by atoms with Gasteiger partial charge in [-0.2, -0.15) is 5.10 Å². The summed E-state index contributed by atoms with van der Waals surface area (Å²) >= 11 is 2.23. The summed E-state index contributed by atoms with van der Waals surface area (Å²) in [7, 11) is 0. The second-order valence-electron chi connectivity index (χ2n) is 2.34. The van der Waals surface area contributed by atoms with E-state index in [1.54, 1.807) is 19.2 Å². The van der Waals surface area contributed by atoms with Crippen molar-refractivity contribution in [3.63, 3.8) is 0 Å². The number of ether oxygens (including phenoxy) is 1. The van der Waals surface area contributed by atoms with Crippen LogP contribution in [0, 0.1) is 0 Å². The molecule has 6 heteroatoms. The van der Waals surface area contributed by atoms with E-state index in [0.29, 0.717) is 13.0 Å². The molecule has 0 aromatic carbocycles. The second-order valence-corrected chi connectivity index (χ2v) is 4.38. The van der Waals surface area contributed by atoms with Crippen LogP contribution in [0.4, 0.5) is 0 Å². The first-order chi connectivity index (χ1) is 6.77. The lowest BCUT2D eigenvalue weighted by Gasteiger charge is -1.97. The highest BCUT2D eigenvalue weighted by Gasteiger charge is 1.98. The molecule has 1 atom stereocenters. The average Bonchev–Trinajstić information content (AvgIpc) is 2.62. The molecule has 0 fully saturated rings. The van der Waals surface area contributed by atoms with E-state index in [-0.39, 0.29) is 5.97 Å². The molecule has 14 heavy (non-hydrogen) atoms. The van der Waals surface area contributed by atoms with E-state index in [9.17, 15) is 4.79 Å². The number of hydrogen-bond donors (Lipinski definition) is 0. The maximum Gasteiger partial charge on any atom is 0.330 e. The summed E-state index contributed by atoms with van der Waals surface area (Å²) in [5, 5.41) is 4.08. The van der Waals surface area contributed by atoms with Gasteiger partial charge in [-0.15, -0.1) is 0 Å². The van der Waals surface area contributed by atoms with Crippen LogP contribution in [0.2, 0.25) is 0 Å². The Morgan fingerprint density at radius 2 is 2.64 bits per heavy atom. The number of carbonyl (C=O) groups is 1. The van der Waals surface area contributed by atoms with Crippen molar-refractivity contribution >= 4 is 40.5 Å². The molecule has 0 aliphatic carbocycles. The number of hydrogen-bond acceptors (Lipinski definition) is 3. The minimum Gasteiger partial charge on any atom is -0.463 e. The van der Waals surface area contributed by atoms with Gasteiger partial charge in [0, 0.05) is 12.3 Å². The molecule has 0 aliphatic rings. The number of nitrogens with zero attached hydrogens (tertiary/aromatic N) is 2. The van der Waals surface area contributed by atoms with E-state index >= 15 is 0 Å². The number of esters is 1. The van der Waals surface area contributed by atoms with Gasteiger partial charge in [-0.25, -0.2) is 9.25 Å². The molecule has 76 valence electrons. The van der Waals surface area contributed by atoms with Crippen molar-refractivity contribution < 1.29 is 9.53 Å². The molecule has 1 aromatic rings. The van der Waals surface area contributed by atoms with Gasteiger partial charge in [0.1, 0.15) is 0 Å². The minimum absolute atomic E-state index is 0.322. The van der Waals surface area contributed by atoms with Crippen LogP contribution in [0.5, 0.6) is 0 Å². The number of carbonyl (C=O) groups excluding carboxylic acids is 1. The largest absolute Gasteiger partial charge is 0.463 e. The maximum absolute atomic E-state index is 11.0. The van der Waals surface area contributed by atoms with Crippen LogP contribution in [0.15, 0.2) is 18.3 Å². The smallest absolute Gasteiger partial charge is 0.330 e. The zero-order valence-corrected chi connectivity index (χ0v) is 10.8. The SMILES string of the molecule is CCOC(=O)/C=C\c1ccnn1PI. The molecule has 0 N–H and O–H groups in total. The van der Waals surface area contributed by atoms with Gasteiger partial charge < -0.3 is 4.74 Å². The Balaban J connectivity index is 2.63. The first-order valence-electron chi connectivity index (χ1n) is 4.03. The first-order valence-corrected chi connectivity index (χ1v) is 8.09. The summed E-state index contributed by atoms with van der Waals surface area (Å²) in [6.07, 6.45) is 5.35. The van der Waals surface area contributed by atoms with Crippen LogP contribution in [-0.4, -0.2) is 22.1 Å². The third-order valence-corrected chi connectivity index (χ3v) is 3.33. The van der Waals surface area contributed by atoms with Gasteiger partial charge in [0.05, 0.1) is 18.7 Å². The molecule has 0 bridgehead atoms. The summed E-state index contributed by atoms with van der Waals surface area (Å²) in [4.78, 5) is 11.0. The Kier molecular flexibility index (Phi) is 5.11. The summed E-state index contributed by atoms with van der Waals surface area (Å²) < 4.78 is 6.57. The van der Waals surface area contributed by atoms with Gasteiger partial charge in [0.25, 0.3) is 0 Å². The number of rotatable bonds is 4. The lowest BCUT2D eigenvalue weighted by Crippen LogP contribution is -1.99. The summed E-state index contributed by atoms with van der Waals surface area (Å²) in [5.41, 5.74) is 0.908. The van der Waals surface area contributed by atoms with Gasteiger partial charge >= 0.3 is 5.97 Å². The fraction of sp³-hybridized carbons (Fsp3) is 0.250. The highest BCUT2D eigenvalue weighted by Crippen LogP contribution is 2.24. The number of halogens is 1. The summed E-state index contributed by atoms with van der Waals surface area (Å²) in [6, 6.07) is 1.85. The molecule has 0 saturated carbocycles. The van der Waals surface area contributed by atoms with Gasteiger partial charge in [0.15, 0.2) is 0 Å². The van der Waals surface area contributed by atoms with Crippen molar-refractivity contribution in [2.24, 2.45) is 0 Å². The molecular weight excluding hydrogens is 314 g/mol. The van der Waals surface area contributed by atoms with Gasteiger partial charge in [-0.1, -0.05) is 0 Å². The molecule has 0 spiro atoms. The van der Waals surface area contributed by atoms with Crippen LogP contribution >= 0.6 is 28.4 Å².